The van der Waals surface area contributed by atoms with Crippen molar-refractivity contribution in [2.75, 3.05) is 34.3 Å². The number of ether oxygens (including phenoxy) is 1. The molecule has 0 spiro atoms. The minimum Gasteiger partial charge on any atom is -0.497 e. The Balaban J connectivity index is 0.00000364. The average molecular weight is 502 g/mol. The highest BCUT2D eigenvalue weighted by atomic mass is 127. The molecular formula is C19H27IN4O2S. The fraction of sp³-hybridized carbons (Fsp3) is 0.368. The number of amides is 1. The van der Waals surface area contributed by atoms with Crippen LogP contribution in [0.1, 0.15) is 11.1 Å². The van der Waals surface area contributed by atoms with Gasteiger partial charge in [-0.1, -0.05) is 12.1 Å². The molecule has 2 N–H and O–H groups in total. The van der Waals surface area contributed by atoms with Crippen LogP contribution in [0.2, 0.25) is 0 Å². The number of guanidine groups is 1. The van der Waals surface area contributed by atoms with Gasteiger partial charge in [-0.25, -0.2) is 4.99 Å². The van der Waals surface area contributed by atoms with E-state index < -0.39 is 0 Å². The maximum Gasteiger partial charge on any atom is 0.241 e. The van der Waals surface area contributed by atoms with Crippen LogP contribution in [0.5, 0.6) is 5.75 Å². The Hall–Kier alpha value is -1.81. The molecule has 0 aliphatic carbocycles. The molecule has 0 bridgehead atoms. The van der Waals surface area contributed by atoms with Crippen LogP contribution >= 0.6 is 35.3 Å². The summed E-state index contributed by atoms with van der Waals surface area (Å²) in [6.45, 7) is 1.51. The van der Waals surface area contributed by atoms with Crippen LogP contribution in [0, 0.1) is 0 Å². The third-order valence-corrected chi connectivity index (χ3v) is 4.50. The van der Waals surface area contributed by atoms with Gasteiger partial charge in [0.2, 0.25) is 5.91 Å². The minimum atomic E-state index is 0. The summed E-state index contributed by atoms with van der Waals surface area (Å²) in [7, 11) is 5.14. The van der Waals surface area contributed by atoms with Crippen molar-refractivity contribution >= 4 is 47.2 Å². The SMILES string of the molecule is COc1ccc(CCNC(=NCc2ccsc2)NCC(=O)N(C)C)cc1.I. The van der Waals surface area contributed by atoms with Crippen LogP contribution in [0.4, 0.5) is 0 Å². The van der Waals surface area contributed by atoms with E-state index in [1.807, 2.05) is 35.7 Å². The van der Waals surface area contributed by atoms with Crippen LogP contribution in [0.15, 0.2) is 46.1 Å². The van der Waals surface area contributed by atoms with Crippen molar-refractivity contribution in [2.24, 2.45) is 4.99 Å². The van der Waals surface area contributed by atoms with E-state index in [1.54, 1.807) is 37.4 Å². The van der Waals surface area contributed by atoms with Gasteiger partial charge in [-0.2, -0.15) is 11.3 Å². The van der Waals surface area contributed by atoms with E-state index in [4.69, 9.17) is 4.74 Å². The molecule has 0 saturated carbocycles. The second kappa shape index (κ2) is 12.6. The molecular weight excluding hydrogens is 475 g/mol. The Bertz CT molecular complexity index is 703. The monoisotopic (exact) mass is 502 g/mol. The van der Waals surface area contributed by atoms with Gasteiger partial charge in [-0.3, -0.25) is 4.79 Å². The number of nitrogens with zero attached hydrogens (tertiary/aromatic N) is 2. The molecule has 1 heterocycles. The second-order valence-electron chi connectivity index (χ2n) is 5.96. The number of rotatable bonds is 8. The summed E-state index contributed by atoms with van der Waals surface area (Å²) >= 11 is 1.65. The van der Waals surface area contributed by atoms with Gasteiger partial charge in [0, 0.05) is 20.6 Å². The van der Waals surface area contributed by atoms with Crippen molar-refractivity contribution in [3.8, 4) is 5.75 Å². The Kier molecular flexibility index (Phi) is 10.8. The lowest BCUT2D eigenvalue weighted by Crippen LogP contribution is -2.43. The molecule has 27 heavy (non-hydrogen) atoms. The standard InChI is InChI=1S/C19H26N4O2S.HI/c1-23(2)18(24)13-22-19(21-12-16-9-11-26-14-16)20-10-8-15-4-6-17(25-3)7-5-15;/h4-7,9,11,14H,8,10,12-13H2,1-3H3,(H2,20,21,22);1H. The highest BCUT2D eigenvalue weighted by Gasteiger charge is 2.06. The van der Waals surface area contributed by atoms with Crippen molar-refractivity contribution < 1.29 is 9.53 Å². The molecule has 0 aliphatic rings. The first-order valence-electron chi connectivity index (χ1n) is 8.45. The number of thiophene rings is 1. The summed E-state index contributed by atoms with van der Waals surface area (Å²) in [6, 6.07) is 10.1. The zero-order valence-corrected chi connectivity index (χ0v) is 19.0. The number of hydrogen-bond donors (Lipinski definition) is 2. The molecule has 6 nitrogen and oxygen atoms in total. The van der Waals surface area contributed by atoms with Crippen LogP contribution in [0.3, 0.4) is 0 Å². The number of carbonyl (C=O) groups is 1. The molecule has 2 aromatic rings. The average Bonchev–Trinajstić information content (AvgIpc) is 3.17. The fourth-order valence-electron chi connectivity index (χ4n) is 2.16. The van der Waals surface area contributed by atoms with Crippen molar-refractivity contribution in [2.45, 2.75) is 13.0 Å². The number of nitrogens with one attached hydrogen (secondary N) is 2. The van der Waals surface area contributed by atoms with Gasteiger partial charge in [0.05, 0.1) is 20.2 Å². The van der Waals surface area contributed by atoms with E-state index >= 15 is 0 Å². The third kappa shape index (κ3) is 8.61. The summed E-state index contributed by atoms with van der Waals surface area (Å²) < 4.78 is 5.17. The molecule has 0 saturated heterocycles. The van der Waals surface area contributed by atoms with E-state index in [1.165, 1.54) is 5.56 Å². The maximum atomic E-state index is 11.8. The molecule has 2 rings (SSSR count). The number of aliphatic imine (C=N–C) groups is 1. The maximum absolute atomic E-state index is 11.8. The van der Waals surface area contributed by atoms with E-state index in [9.17, 15) is 4.79 Å². The number of hydrogen-bond acceptors (Lipinski definition) is 4. The summed E-state index contributed by atoms with van der Waals surface area (Å²) in [5.41, 5.74) is 2.37. The van der Waals surface area contributed by atoms with E-state index in [2.05, 4.69) is 21.0 Å². The number of likely N-dealkylation sites (N-methyl/N-ethyl adjacent to an activating group) is 1. The summed E-state index contributed by atoms with van der Waals surface area (Å²) in [5.74, 6) is 1.49. The molecule has 8 heteroatoms. The summed E-state index contributed by atoms with van der Waals surface area (Å²) in [4.78, 5) is 17.9. The van der Waals surface area contributed by atoms with E-state index in [0.717, 1.165) is 24.3 Å². The first-order chi connectivity index (χ1) is 12.6. The predicted octanol–water partition coefficient (Wildman–Crippen LogP) is 2.74. The lowest BCUT2D eigenvalue weighted by Gasteiger charge is -2.15. The second-order valence-corrected chi connectivity index (χ2v) is 6.74. The summed E-state index contributed by atoms with van der Waals surface area (Å²) in [5, 5.41) is 10.5. The Morgan fingerprint density at radius 3 is 2.48 bits per heavy atom. The zero-order chi connectivity index (χ0) is 18.8. The minimum absolute atomic E-state index is 0. The quantitative estimate of drug-likeness (QED) is 0.331. The largest absolute Gasteiger partial charge is 0.497 e. The van der Waals surface area contributed by atoms with E-state index in [0.29, 0.717) is 12.5 Å². The molecule has 1 aromatic carbocycles. The third-order valence-electron chi connectivity index (χ3n) is 3.77. The van der Waals surface area contributed by atoms with Gasteiger partial charge >= 0.3 is 0 Å². The van der Waals surface area contributed by atoms with Crippen molar-refractivity contribution in [1.82, 2.24) is 15.5 Å². The van der Waals surface area contributed by atoms with Gasteiger partial charge in [-0.15, -0.1) is 24.0 Å². The Morgan fingerprint density at radius 1 is 1.15 bits per heavy atom. The molecule has 148 valence electrons. The van der Waals surface area contributed by atoms with Crippen LogP contribution in [0.25, 0.3) is 0 Å². The number of benzene rings is 1. The molecule has 0 aliphatic heterocycles. The fourth-order valence-corrected chi connectivity index (χ4v) is 2.82. The molecule has 1 amide bonds. The van der Waals surface area contributed by atoms with E-state index in [-0.39, 0.29) is 36.4 Å². The molecule has 0 unspecified atom stereocenters. The van der Waals surface area contributed by atoms with Crippen LogP contribution < -0.4 is 15.4 Å². The molecule has 1 aromatic heterocycles. The predicted molar refractivity (Wildman–Crippen MR) is 122 cm³/mol. The Morgan fingerprint density at radius 2 is 1.89 bits per heavy atom. The van der Waals surface area contributed by atoms with Gasteiger partial charge < -0.3 is 20.3 Å². The first kappa shape index (κ1) is 23.2. The van der Waals surface area contributed by atoms with Gasteiger partial charge in [0.15, 0.2) is 5.96 Å². The zero-order valence-electron chi connectivity index (χ0n) is 15.9. The highest BCUT2D eigenvalue weighted by Crippen LogP contribution is 2.11. The van der Waals surface area contributed by atoms with Crippen LogP contribution in [-0.2, 0) is 17.8 Å². The smallest absolute Gasteiger partial charge is 0.241 e. The van der Waals surface area contributed by atoms with Crippen molar-refractivity contribution in [1.29, 1.82) is 0 Å². The van der Waals surface area contributed by atoms with Gasteiger partial charge in [0.1, 0.15) is 5.75 Å². The first-order valence-corrected chi connectivity index (χ1v) is 9.39. The Labute approximate surface area is 182 Å². The molecule has 0 fully saturated rings. The lowest BCUT2D eigenvalue weighted by molar-refractivity contribution is -0.127. The molecule has 0 atom stereocenters. The van der Waals surface area contributed by atoms with Crippen molar-refractivity contribution in [3.05, 3.63) is 52.2 Å². The van der Waals surface area contributed by atoms with Crippen molar-refractivity contribution in [3.63, 3.8) is 0 Å². The van der Waals surface area contributed by atoms with Gasteiger partial charge in [0.25, 0.3) is 0 Å². The molecule has 0 radical (unpaired) electrons. The normalized spacial score (nSPS) is 10.7. The van der Waals surface area contributed by atoms with Gasteiger partial charge in [-0.05, 0) is 46.5 Å². The van der Waals surface area contributed by atoms with Crippen LogP contribution in [-0.4, -0.2) is 51.1 Å². The number of halogens is 1. The topological polar surface area (TPSA) is 66.0 Å². The number of methoxy groups -OCH3 is 1. The lowest BCUT2D eigenvalue weighted by atomic mass is 10.1. The highest BCUT2D eigenvalue weighted by molar-refractivity contribution is 14.0. The number of carbonyl (C=O) groups excluding carboxylic acids is 1. The summed E-state index contributed by atoms with van der Waals surface area (Å²) in [6.07, 6.45) is 0.852.